The number of H-pyrrole nitrogens is 1. The molecule has 0 radical (unpaired) electrons. The number of aromatic amines is 1. The lowest BCUT2D eigenvalue weighted by atomic mass is 10.1. The zero-order valence-corrected chi connectivity index (χ0v) is 11.2. The Balaban J connectivity index is 1.95. The van der Waals surface area contributed by atoms with Gasteiger partial charge < -0.3 is 9.84 Å². The highest BCUT2D eigenvalue weighted by molar-refractivity contribution is 5.68. The average molecular weight is 295 g/mol. The quantitative estimate of drug-likeness (QED) is 0.773. The fraction of sp³-hybridized carbons (Fsp3) is 0. The second-order valence-electron chi connectivity index (χ2n) is 4.48. The van der Waals surface area contributed by atoms with Gasteiger partial charge in [-0.15, -0.1) is 0 Å². The third-order valence-corrected chi connectivity index (χ3v) is 3.05. The van der Waals surface area contributed by atoms with E-state index in [4.69, 9.17) is 10.00 Å². The van der Waals surface area contributed by atoms with Crippen molar-refractivity contribution in [2.75, 3.05) is 0 Å². The van der Waals surface area contributed by atoms with Gasteiger partial charge in [-0.05, 0) is 36.4 Å². The Morgan fingerprint density at radius 1 is 1.18 bits per heavy atom. The van der Waals surface area contributed by atoms with E-state index in [2.05, 4.69) is 10.2 Å². The minimum absolute atomic E-state index is 0.130. The first-order valence-corrected chi connectivity index (χ1v) is 6.38. The molecule has 0 saturated heterocycles. The summed E-state index contributed by atoms with van der Waals surface area (Å²) in [4.78, 5) is 0. The fourth-order valence-electron chi connectivity index (χ4n) is 1.98. The predicted molar refractivity (Wildman–Crippen MR) is 76.9 cm³/mol. The van der Waals surface area contributed by atoms with Gasteiger partial charge in [0.2, 0.25) is 0 Å². The zero-order valence-electron chi connectivity index (χ0n) is 11.2. The van der Waals surface area contributed by atoms with Crippen LogP contribution in [0.15, 0.2) is 48.7 Å². The minimum Gasteiger partial charge on any atom is -0.505 e. The third kappa shape index (κ3) is 2.47. The van der Waals surface area contributed by atoms with Gasteiger partial charge in [-0.25, -0.2) is 4.39 Å². The Morgan fingerprint density at radius 2 is 1.95 bits per heavy atom. The summed E-state index contributed by atoms with van der Waals surface area (Å²) in [5, 5.41) is 24.8. The maximum atomic E-state index is 14.0. The van der Waals surface area contributed by atoms with Gasteiger partial charge in [0.05, 0.1) is 17.8 Å². The topological polar surface area (TPSA) is 81.9 Å². The molecule has 0 amide bonds. The van der Waals surface area contributed by atoms with Gasteiger partial charge in [0, 0.05) is 5.56 Å². The number of benzene rings is 2. The van der Waals surface area contributed by atoms with Gasteiger partial charge in [-0.3, -0.25) is 5.10 Å². The monoisotopic (exact) mass is 295 g/mol. The Labute approximate surface area is 125 Å². The van der Waals surface area contributed by atoms with Gasteiger partial charge in [0.15, 0.2) is 17.3 Å². The highest BCUT2D eigenvalue weighted by atomic mass is 19.1. The summed E-state index contributed by atoms with van der Waals surface area (Å²) in [6.45, 7) is 0. The lowest BCUT2D eigenvalue weighted by molar-refractivity contribution is 0.433. The van der Waals surface area contributed by atoms with Crippen molar-refractivity contribution in [1.29, 1.82) is 5.26 Å². The number of phenols is 1. The number of phenolic OH excluding ortho intramolecular Hbond substituents is 1. The summed E-state index contributed by atoms with van der Waals surface area (Å²) in [5.41, 5.74) is 0.890. The maximum Gasteiger partial charge on any atom is 0.174 e. The molecule has 2 N–H and O–H groups in total. The molecule has 0 atom stereocenters. The number of ether oxygens (including phenoxy) is 1. The van der Waals surface area contributed by atoms with E-state index in [0.717, 1.165) is 0 Å². The van der Waals surface area contributed by atoms with E-state index in [0.29, 0.717) is 17.1 Å². The molecular formula is C16H10FN3O2. The molecule has 6 heteroatoms. The first-order valence-electron chi connectivity index (χ1n) is 6.38. The van der Waals surface area contributed by atoms with Crippen molar-refractivity contribution >= 4 is 0 Å². The summed E-state index contributed by atoms with van der Waals surface area (Å²) >= 11 is 0. The number of aromatic hydroxyl groups is 1. The molecule has 0 aliphatic rings. The summed E-state index contributed by atoms with van der Waals surface area (Å²) in [6, 6.07) is 12.8. The van der Waals surface area contributed by atoms with Crippen molar-refractivity contribution in [3.8, 4) is 34.6 Å². The number of rotatable bonds is 3. The van der Waals surface area contributed by atoms with Crippen LogP contribution in [0.25, 0.3) is 11.3 Å². The molecule has 3 rings (SSSR count). The molecule has 0 aliphatic carbocycles. The molecule has 108 valence electrons. The summed E-state index contributed by atoms with van der Waals surface area (Å²) < 4.78 is 19.6. The normalized spacial score (nSPS) is 10.2. The molecule has 5 nitrogen and oxygen atoms in total. The molecule has 0 aliphatic heterocycles. The third-order valence-electron chi connectivity index (χ3n) is 3.05. The Hall–Kier alpha value is -3.33. The highest BCUT2D eigenvalue weighted by Crippen LogP contribution is 2.35. The molecule has 3 aromatic rings. The van der Waals surface area contributed by atoms with Gasteiger partial charge in [0.1, 0.15) is 11.4 Å². The van der Waals surface area contributed by atoms with E-state index < -0.39 is 11.6 Å². The number of aromatic nitrogens is 2. The SMILES string of the molecule is N#Cc1ccc(Oc2c[nH]nc2-c2cccc(O)c2F)cc1. The largest absolute Gasteiger partial charge is 0.505 e. The van der Waals surface area contributed by atoms with Crippen LogP contribution in [0.3, 0.4) is 0 Å². The summed E-state index contributed by atoms with van der Waals surface area (Å²) in [7, 11) is 0. The van der Waals surface area contributed by atoms with Crippen molar-refractivity contribution in [2.24, 2.45) is 0 Å². The van der Waals surface area contributed by atoms with Crippen LogP contribution in [-0.2, 0) is 0 Å². The van der Waals surface area contributed by atoms with E-state index in [9.17, 15) is 9.50 Å². The van der Waals surface area contributed by atoms with Crippen molar-refractivity contribution in [2.45, 2.75) is 0 Å². The molecule has 1 aromatic heterocycles. The molecule has 1 heterocycles. The van der Waals surface area contributed by atoms with Crippen LogP contribution >= 0.6 is 0 Å². The van der Waals surface area contributed by atoms with Crippen LogP contribution in [-0.4, -0.2) is 15.3 Å². The lowest BCUT2D eigenvalue weighted by Gasteiger charge is -2.07. The zero-order chi connectivity index (χ0) is 15.5. The van der Waals surface area contributed by atoms with Crippen molar-refractivity contribution in [3.05, 3.63) is 60.0 Å². The minimum atomic E-state index is -0.765. The van der Waals surface area contributed by atoms with Crippen LogP contribution in [0.2, 0.25) is 0 Å². The molecule has 0 spiro atoms. The number of hydrogen-bond donors (Lipinski definition) is 2. The summed E-state index contributed by atoms with van der Waals surface area (Å²) in [6.07, 6.45) is 1.48. The van der Waals surface area contributed by atoms with E-state index in [1.165, 1.54) is 24.4 Å². The molecule has 0 fully saturated rings. The van der Waals surface area contributed by atoms with Crippen molar-refractivity contribution in [1.82, 2.24) is 10.2 Å². The first kappa shape index (κ1) is 13.6. The lowest BCUT2D eigenvalue weighted by Crippen LogP contribution is -1.89. The van der Waals surface area contributed by atoms with Crippen LogP contribution < -0.4 is 4.74 Å². The molecule has 2 aromatic carbocycles. The smallest absolute Gasteiger partial charge is 0.174 e. The number of nitriles is 1. The summed E-state index contributed by atoms with van der Waals surface area (Å²) in [5.74, 6) is -0.416. The van der Waals surface area contributed by atoms with Crippen LogP contribution in [0.4, 0.5) is 4.39 Å². The number of halogens is 1. The van der Waals surface area contributed by atoms with Gasteiger partial charge >= 0.3 is 0 Å². The van der Waals surface area contributed by atoms with E-state index in [1.807, 2.05) is 6.07 Å². The fourth-order valence-corrected chi connectivity index (χ4v) is 1.98. The van der Waals surface area contributed by atoms with Gasteiger partial charge in [0.25, 0.3) is 0 Å². The standard InChI is InChI=1S/C16H10FN3O2/c17-15-12(2-1-3-13(15)21)16-14(9-19-20-16)22-11-6-4-10(8-18)5-7-11/h1-7,9,21H,(H,19,20). The Kier molecular flexibility index (Phi) is 3.46. The number of nitrogens with zero attached hydrogens (tertiary/aromatic N) is 2. The Bertz CT molecular complexity index is 851. The highest BCUT2D eigenvalue weighted by Gasteiger charge is 2.16. The van der Waals surface area contributed by atoms with Crippen LogP contribution in [0, 0.1) is 17.1 Å². The van der Waals surface area contributed by atoms with E-state index >= 15 is 0 Å². The van der Waals surface area contributed by atoms with E-state index in [1.54, 1.807) is 24.3 Å². The Morgan fingerprint density at radius 3 is 2.68 bits per heavy atom. The molecule has 22 heavy (non-hydrogen) atoms. The predicted octanol–water partition coefficient (Wildman–Crippen LogP) is 3.59. The van der Waals surface area contributed by atoms with Crippen LogP contribution in [0.5, 0.6) is 17.2 Å². The molecule has 0 unspecified atom stereocenters. The maximum absolute atomic E-state index is 14.0. The number of hydrogen-bond acceptors (Lipinski definition) is 4. The van der Waals surface area contributed by atoms with Gasteiger partial charge in [-0.1, -0.05) is 6.07 Å². The van der Waals surface area contributed by atoms with Crippen LogP contribution in [0.1, 0.15) is 5.56 Å². The first-order chi connectivity index (χ1) is 10.7. The van der Waals surface area contributed by atoms with Crippen molar-refractivity contribution < 1.29 is 14.2 Å². The molecular weight excluding hydrogens is 285 g/mol. The van der Waals surface area contributed by atoms with E-state index in [-0.39, 0.29) is 11.3 Å². The number of nitrogens with one attached hydrogen (secondary N) is 1. The van der Waals surface area contributed by atoms with Crippen molar-refractivity contribution in [3.63, 3.8) is 0 Å². The second kappa shape index (κ2) is 5.58. The van der Waals surface area contributed by atoms with Gasteiger partial charge in [-0.2, -0.15) is 10.4 Å². The molecule has 0 saturated carbocycles. The second-order valence-corrected chi connectivity index (χ2v) is 4.48. The molecule has 0 bridgehead atoms. The average Bonchev–Trinajstić information content (AvgIpc) is 2.99.